The van der Waals surface area contributed by atoms with Gasteiger partial charge in [-0.15, -0.1) is 11.8 Å². The Kier molecular flexibility index (Phi) is 5.86. The highest BCUT2D eigenvalue weighted by molar-refractivity contribution is 7.99. The SMILES string of the molecule is CCC(C)(C)NCCSc1cccc(OC)c1. The molecule has 0 aliphatic heterocycles. The van der Waals surface area contributed by atoms with Gasteiger partial charge < -0.3 is 10.1 Å². The first-order valence-electron chi connectivity index (χ1n) is 6.09. The minimum atomic E-state index is 0.245. The molecule has 0 fully saturated rings. The van der Waals surface area contributed by atoms with Gasteiger partial charge in [-0.25, -0.2) is 0 Å². The van der Waals surface area contributed by atoms with Crippen LogP contribution in [-0.2, 0) is 0 Å². The van der Waals surface area contributed by atoms with Crippen molar-refractivity contribution in [2.45, 2.75) is 37.6 Å². The summed E-state index contributed by atoms with van der Waals surface area (Å²) in [6.45, 7) is 7.72. The average Bonchev–Trinajstić information content (AvgIpc) is 2.35. The van der Waals surface area contributed by atoms with E-state index in [4.69, 9.17) is 4.74 Å². The normalized spacial score (nSPS) is 11.5. The van der Waals surface area contributed by atoms with E-state index in [1.54, 1.807) is 7.11 Å². The van der Waals surface area contributed by atoms with Crippen LogP contribution in [0.4, 0.5) is 0 Å². The molecule has 2 nitrogen and oxygen atoms in total. The fourth-order valence-corrected chi connectivity index (χ4v) is 2.19. The van der Waals surface area contributed by atoms with Gasteiger partial charge in [0.05, 0.1) is 7.11 Å². The molecule has 96 valence electrons. The zero-order chi connectivity index (χ0) is 12.7. The predicted molar refractivity (Wildman–Crippen MR) is 76.1 cm³/mol. The van der Waals surface area contributed by atoms with Crippen molar-refractivity contribution in [2.24, 2.45) is 0 Å². The molecule has 0 heterocycles. The first-order valence-corrected chi connectivity index (χ1v) is 7.08. The largest absolute Gasteiger partial charge is 0.497 e. The molecule has 1 aromatic carbocycles. The molecule has 1 N–H and O–H groups in total. The van der Waals surface area contributed by atoms with Crippen LogP contribution in [0.15, 0.2) is 29.2 Å². The van der Waals surface area contributed by atoms with Crippen LogP contribution < -0.4 is 10.1 Å². The lowest BCUT2D eigenvalue weighted by molar-refractivity contribution is 0.388. The van der Waals surface area contributed by atoms with Gasteiger partial charge in [-0.3, -0.25) is 0 Å². The summed E-state index contributed by atoms with van der Waals surface area (Å²) in [7, 11) is 1.70. The topological polar surface area (TPSA) is 21.3 Å². The highest BCUT2D eigenvalue weighted by atomic mass is 32.2. The van der Waals surface area contributed by atoms with E-state index in [1.807, 2.05) is 23.9 Å². The fourth-order valence-electron chi connectivity index (χ4n) is 1.37. The lowest BCUT2D eigenvalue weighted by atomic mass is 10.0. The number of thioether (sulfide) groups is 1. The lowest BCUT2D eigenvalue weighted by Gasteiger charge is -2.24. The fraction of sp³-hybridized carbons (Fsp3) is 0.571. The van der Waals surface area contributed by atoms with Crippen LogP contribution in [0.25, 0.3) is 0 Å². The lowest BCUT2D eigenvalue weighted by Crippen LogP contribution is -2.39. The Morgan fingerprint density at radius 2 is 2.12 bits per heavy atom. The van der Waals surface area contributed by atoms with Crippen molar-refractivity contribution < 1.29 is 4.74 Å². The second-order valence-electron chi connectivity index (χ2n) is 4.69. The Bertz CT molecular complexity index is 339. The zero-order valence-electron chi connectivity index (χ0n) is 11.2. The Labute approximate surface area is 109 Å². The van der Waals surface area contributed by atoms with Crippen molar-refractivity contribution in [3.8, 4) is 5.75 Å². The van der Waals surface area contributed by atoms with Crippen LogP contribution in [0.5, 0.6) is 5.75 Å². The first kappa shape index (κ1) is 14.4. The summed E-state index contributed by atoms with van der Waals surface area (Å²) in [4.78, 5) is 1.26. The molecule has 0 radical (unpaired) electrons. The van der Waals surface area contributed by atoms with E-state index < -0.39 is 0 Å². The molecule has 0 saturated heterocycles. The molecule has 0 atom stereocenters. The molecule has 1 rings (SSSR count). The molecule has 17 heavy (non-hydrogen) atoms. The molecule has 0 saturated carbocycles. The number of methoxy groups -OCH3 is 1. The molecular weight excluding hydrogens is 230 g/mol. The second-order valence-corrected chi connectivity index (χ2v) is 5.86. The molecule has 0 bridgehead atoms. The molecule has 1 aromatic rings. The highest BCUT2D eigenvalue weighted by Crippen LogP contribution is 2.22. The monoisotopic (exact) mass is 253 g/mol. The van der Waals surface area contributed by atoms with E-state index >= 15 is 0 Å². The third-order valence-corrected chi connectivity index (χ3v) is 3.89. The van der Waals surface area contributed by atoms with Gasteiger partial charge in [0.25, 0.3) is 0 Å². The summed E-state index contributed by atoms with van der Waals surface area (Å²) in [5.74, 6) is 2.01. The molecule has 0 amide bonds. The quantitative estimate of drug-likeness (QED) is 0.593. The van der Waals surface area contributed by atoms with Gasteiger partial charge >= 0.3 is 0 Å². The summed E-state index contributed by atoms with van der Waals surface area (Å²) in [6, 6.07) is 8.21. The second kappa shape index (κ2) is 6.92. The first-order chi connectivity index (χ1) is 8.07. The van der Waals surface area contributed by atoms with Gasteiger partial charge in [0.2, 0.25) is 0 Å². The standard InChI is InChI=1S/C14H23NOS/c1-5-14(2,3)15-9-10-17-13-8-6-7-12(11-13)16-4/h6-8,11,15H,5,9-10H2,1-4H3. The van der Waals surface area contributed by atoms with Gasteiger partial charge in [-0.1, -0.05) is 13.0 Å². The van der Waals surface area contributed by atoms with E-state index in [2.05, 4.69) is 38.2 Å². The maximum absolute atomic E-state index is 5.20. The van der Waals surface area contributed by atoms with Crippen LogP contribution in [0, 0.1) is 0 Å². The minimum Gasteiger partial charge on any atom is -0.497 e. The minimum absolute atomic E-state index is 0.245. The summed E-state index contributed by atoms with van der Waals surface area (Å²) < 4.78 is 5.20. The maximum atomic E-state index is 5.20. The van der Waals surface area contributed by atoms with Crippen LogP contribution in [0.2, 0.25) is 0 Å². The molecule has 3 heteroatoms. The Morgan fingerprint density at radius 3 is 2.76 bits per heavy atom. The summed E-state index contributed by atoms with van der Waals surface area (Å²) in [5.41, 5.74) is 0.245. The Morgan fingerprint density at radius 1 is 1.35 bits per heavy atom. The number of ether oxygens (including phenoxy) is 1. The Balaban J connectivity index is 2.31. The van der Waals surface area contributed by atoms with Gasteiger partial charge in [-0.05, 0) is 38.5 Å². The maximum Gasteiger partial charge on any atom is 0.119 e. The summed E-state index contributed by atoms with van der Waals surface area (Å²) in [5, 5.41) is 3.56. The van der Waals surface area contributed by atoms with Crippen molar-refractivity contribution in [2.75, 3.05) is 19.4 Å². The van der Waals surface area contributed by atoms with Gasteiger partial charge in [0.1, 0.15) is 5.75 Å². The van der Waals surface area contributed by atoms with E-state index in [1.165, 1.54) is 4.90 Å². The van der Waals surface area contributed by atoms with Crippen molar-refractivity contribution in [1.29, 1.82) is 0 Å². The smallest absolute Gasteiger partial charge is 0.119 e. The Hall–Kier alpha value is -0.670. The van der Waals surface area contributed by atoms with Gasteiger partial charge in [0, 0.05) is 22.7 Å². The van der Waals surface area contributed by atoms with Crippen molar-refractivity contribution in [1.82, 2.24) is 5.32 Å². The average molecular weight is 253 g/mol. The third-order valence-electron chi connectivity index (χ3n) is 2.90. The molecule has 0 aromatic heterocycles. The molecular formula is C14H23NOS. The number of rotatable bonds is 7. The number of hydrogen-bond acceptors (Lipinski definition) is 3. The van der Waals surface area contributed by atoms with Crippen LogP contribution >= 0.6 is 11.8 Å². The van der Waals surface area contributed by atoms with E-state index in [0.29, 0.717) is 0 Å². The molecule has 0 unspecified atom stereocenters. The summed E-state index contributed by atoms with van der Waals surface area (Å²) >= 11 is 1.86. The predicted octanol–water partition coefficient (Wildman–Crippen LogP) is 3.57. The molecule has 0 aliphatic rings. The van der Waals surface area contributed by atoms with E-state index in [-0.39, 0.29) is 5.54 Å². The number of benzene rings is 1. The van der Waals surface area contributed by atoms with Crippen LogP contribution in [0.1, 0.15) is 27.2 Å². The van der Waals surface area contributed by atoms with Crippen molar-refractivity contribution in [3.63, 3.8) is 0 Å². The van der Waals surface area contributed by atoms with Crippen LogP contribution in [-0.4, -0.2) is 24.9 Å². The highest BCUT2D eigenvalue weighted by Gasteiger charge is 2.12. The van der Waals surface area contributed by atoms with E-state index in [0.717, 1.165) is 24.5 Å². The number of nitrogens with one attached hydrogen (secondary N) is 1. The molecule has 0 aliphatic carbocycles. The van der Waals surface area contributed by atoms with Crippen molar-refractivity contribution >= 4 is 11.8 Å². The van der Waals surface area contributed by atoms with E-state index in [9.17, 15) is 0 Å². The summed E-state index contributed by atoms with van der Waals surface area (Å²) in [6.07, 6.45) is 1.15. The van der Waals surface area contributed by atoms with Crippen molar-refractivity contribution in [3.05, 3.63) is 24.3 Å². The third kappa shape index (κ3) is 5.46. The number of hydrogen-bond donors (Lipinski definition) is 1. The zero-order valence-corrected chi connectivity index (χ0v) is 12.1. The van der Waals surface area contributed by atoms with Gasteiger partial charge in [-0.2, -0.15) is 0 Å². The van der Waals surface area contributed by atoms with Crippen LogP contribution in [0.3, 0.4) is 0 Å². The van der Waals surface area contributed by atoms with Gasteiger partial charge in [0.15, 0.2) is 0 Å². The molecule has 0 spiro atoms.